The van der Waals surface area contributed by atoms with Gasteiger partial charge in [0.2, 0.25) is 5.91 Å². The summed E-state index contributed by atoms with van der Waals surface area (Å²) in [4.78, 5) is 28.4. The minimum Gasteiger partial charge on any atom is -0.434 e. The number of fused-ring (bicyclic) bond motifs is 1. The van der Waals surface area contributed by atoms with Crippen LogP contribution in [0.5, 0.6) is 5.75 Å². The topological polar surface area (TPSA) is 49.9 Å². The van der Waals surface area contributed by atoms with Crippen molar-refractivity contribution in [1.29, 1.82) is 0 Å². The Kier molecular flexibility index (Phi) is 4.19. The number of benzene rings is 1. The van der Waals surface area contributed by atoms with E-state index in [1.54, 1.807) is 13.0 Å². The molecule has 2 saturated heterocycles. The molecule has 2 aliphatic rings. The first kappa shape index (κ1) is 15.7. The van der Waals surface area contributed by atoms with Crippen molar-refractivity contribution in [2.75, 3.05) is 13.1 Å². The highest BCUT2D eigenvalue weighted by atomic mass is 19.3. The lowest BCUT2D eigenvalue weighted by molar-refractivity contribution is -0.141. The van der Waals surface area contributed by atoms with Gasteiger partial charge in [0.25, 0.3) is 5.91 Å². The Balaban J connectivity index is 1.87. The molecular weight excluding hydrogens is 306 g/mol. The molecule has 1 aromatic carbocycles. The number of alkyl halides is 2. The van der Waals surface area contributed by atoms with Gasteiger partial charge in [0.05, 0.1) is 5.56 Å². The number of carbonyl (C=O) groups is 2. The SMILES string of the molecule is C[C@@H]1C(=O)N2CCC[C@@H]2CN1C(=O)c1ccccc1OC(F)F. The fourth-order valence-corrected chi connectivity index (χ4v) is 3.33. The third-order valence-corrected chi connectivity index (χ3v) is 4.49. The van der Waals surface area contributed by atoms with Crippen LogP contribution in [0.2, 0.25) is 0 Å². The van der Waals surface area contributed by atoms with E-state index >= 15 is 0 Å². The minimum atomic E-state index is -3.00. The number of halogens is 2. The molecule has 7 heteroatoms. The molecule has 3 rings (SSSR count). The van der Waals surface area contributed by atoms with E-state index in [1.807, 2.05) is 4.90 Å². The summed E-state index contributed by atoms with van der Waals surface area (Å²) in [7, 11) is 0. The zero-order valence-electron chi connectivity index (χ0n) is 12.7. The van der Waals surface area contributed by atoms with Gasteiger partial charge in [-0.3, -0.25) is 9.59 Å². The molecule has 2 aliphatic heterocycles. The van der Waals surface area contributed by atoms with Crippen LogP contribution in [0.4, 0.5) is 8.78 Å². The van der Waals surface area contributed by atoms with E-state index in [-0.39, 0.29) is 23.3 Å². The van der Waals surface area contributed by atoms with Gasteiger partial charge < -0.3 is 14.5 Å². The first-order valence-electron chi connectivity index (χ1n) is 7.64. The number of rotatable bonds is 3. The van der Waals surface area contributed by atoms with E-state index < -0.39 is 18.6 Å². The smallest absolute Gasteiger partial charge is 0.387 e. The number of carbonyl (C=O) groups excluding carboxylic acids is 2. The fourth-order valence-electron chi connectivity index (χ4n) is 3.33. The Morgan fingerprint density at radius 3 is 2.83 bits per heavy atom. The van der Waals surface area contributed by atoms with Gasteiger partial charge in [0.1, 0.15) is 11.8 Å². The van der Waals surface area contributed by atoms with Crippen LogP contribution in [0.25, 0.3) is 0 Å². The molecule has 5 nitrogen and oxygen atoms in total. The lowest BCUT2D eigenvalue weighted by atomic mass is 10.0. The summed E-state index contributed by atoms with van der Waals surface area (Å²) < 4.78 is 29.5. The average molecular weight is 324 g/mol. The number of nitrogens with zero attached hydrogens (tertiary/aromatic N) is 2. The lowest BCUT2D eigenvalue weighted by Gasteiger charge is -2.41. The van der Waals surface area contributed by atoms with Crippen LogP contribution in [-0.2, 0) is 4.79 Å². The maximum absolute atomic E-state index is 12.8. The molecule has 0 bridgehead atoms. The monoisotopic (exact) mass is 324 g/mol. The van der Waals surface area contributed by atoms with E-state index in [0.717, 1.165) is 19.4 Å². The molecule has 0 radical (unpaired) electrons. The third-order valence-electron chi connectivity index (χ3n) is 4.49. The van der Waals surface area contributed by atoms with E-state index in [0.29, 0.717) is 6.54 Å². The number of ether oxygens (including phenoxy) is 1. The molecule has 0 aromatic heterocycles. The van der Waals surface area contributed by atoms with Gasteiger partial charge in [0.15, 0.2) is 0 Å². The molecule has 23 heavy (non-hydrogen) atoms. The summed E-state index contributed by atoms with van der Waals surface area (Å²) >= 11 is 0. The Morgan fingerprint density at radius 2 is 2.09 bits per heavy atom. The Morgan fingerprint density at radius 1 is 1.35 bits per heavy atom. The van der Waals surface area contributed by atoms with Gasteiger partial charge in [-0.05, 0) is 31.9 Å². The largest absolute Gasteiger partial charge is 0.434 e. The normalized spacial score (nSPS) is 24.1. The van der Waals surface area contributed by atoms with E-state index in [4.69, 9.17) is 0 Å². The molecule has 0 N–H and O–H groups in total. The molecule has 0 aliphatic carbocycles. The van der Waals surface area contributed by atoms with Crippen molar-refractivity contribution >= 4 is 11.8 Å². The highest BCUT2D eigenvalue weighted by molar-refractivity contribution is 6.00. The first-order chi connectivity index (χ1) is 11.0. The number of hydrogen-bond acceptors (Lipinski definition) is 3. The van der Waals surface area contributed by atoms with Gasteiger partial charge in [-0.15, -0.1) is 0 Å². The maximum Gasteiger partial charge on any atom is 0.387 e. The molecule has 124 valence electrons. The van der Waals surface area contributed by atoms with Gasteiger partial charge in [0, 0.05) is 19.1 Å². The summed E-state index contributed by atoms with van der Waals surface area (Å²) in [5.74, 6) is -0.700. The van der Waals surface area contributed by atoms with Crippen molar-refractivity contribution < 1.29 is 23.1 Å². The zero-order valence-corrected chi connectivity index (χ0v) is 12.7. The van der Waals surface area contributed by atoms with E-state index in [1.165, 1.54) is 23.1 Å². The van der Waals surface area contributed by atoms with E-state index in [2.05, 4.69) is 4.74 Å². The number of hydrogen-bond donors (Lipinski definition) is 0. The summed E-state index contributed by atoms with van der Waals surface area (Å²) in [6.07, 6.45) is 1.79. The van der Waals surface area contributed by atoms with Gasteiger partial charge >= 0.3 is 6.61 Å². The quantitative estimate of drug-likeness (QED) is 0.856. The first-order valence-corrected chi connectivity index (χ1v) is 7.64. The summed E-state index contributed by atoms with van der Waals surface area (Å²) in [6, 6.07) is 5.31. The van der Waals surface area contributed by atoms with Crippen LogP contribution < -0.4 is 4.74 Å². The van der Waals surface area contributed by atoms with Crippen LogP contribution in [-0.4, -0.2) is 53.4 Å². The summed E-state index contributed by atoms with van der Waals surface area (Å²) in [6.45, 7) is -0.184. The van der Waals surface area contributed by atoms with Crippen molar-refractivity contribution in [3.8, 4) is 5.75 Å². The number of piperazine rings is 1. The standard InChI is InChI=1S/C16H18F2N2O3/c1-10-14(21)19-8-4-5-11(19)9-20(10)15(22)12-6-2-3-7-13(12)23-16(17)18/h2-3,6-7,10-11,16H,4-5,8-9H2,1H3/t10-,11-/m1/s1. The molecule has 2 heterocycles. The molecule has 2 fully saturated rings. The maximum atomic E-state index is 12.8. The van der Waals surface area contributed by atoms with E-state index in [9.17, 15) is 18.4 Å². The van der Waals surface area contributed by atoms with Crippen molar-refractivity contribution in [3.63, 3.8) is 0 Å². The predicted octanol–water partition coefficient (Wildman–Crippen LogP) is 2.12. The van der Waals surface area contributed by atoms with Crippen molar-refractivity contribution in [1.82, 2.24) is 9.80 Å². The molecule has 1 aromatic rings. The molecule has 0 saturated carbocycles. The van der Waals surface area contributed by atoms with Crippen LogP contribution in [0, 0.1) is 0 Å². The number of amides is 2. The van der Waals surface area contributed by atoms with Crippen LogP contribution in [0.1, 0.15) is 30.1 Å². The van der Waals surface area contributed by atoms with Crippen LogP contribution >= 0.6 is 0 Å². The molecule has 0 unspecified atom stereocenters. The zero-order chi connectivity index (χ0) is 16.6. The highest BCUT2D eigenvalue weighted by Crippen LogP contribution is 2.29. The predicted molar refractivity (Wildman–Crippen MR) is 78.3 cm³/mol. The minimum absolute atomic E-state index is 0.0193. The van der Waals surface area contributed by atoms with Crippen molar-refractivity contribution in [3.05, 3.63) is 29.8 Å². The second-order valence-corrected chi connectivity index (χ2v) is 5.84. The highest BCUT2D eigenvalue weighted by Gasteiger charge is 2.42. The summed E-state index contributed by atoms with van der Waals surface area (Å²) in [5.41, 5.74) is 0.0545. The Bertz CT molecular complexity index is 623. The molecule has 0 spiro atoms. The fraction of sp³-hybridized carbons (Fsp3) is 0.500. The van der Waals surface area contributed by atoms with Crippen LogP contribution in [0.3, 0.4) is 0 Å². The average Bonchev–Trinajstić information content (AvgIpc) is 2.99. The second kappa shape index (κ2) is 6.14. The van der Waals surface area contributed by atoms with Crippen molar-refractivity contribution in [2.45, 2.75) is 38.5 Å². The lowest BCUT2D eigenvalue weighted by Crippen LogP contribution is -2.60. The summed E-state index contributed by atoms with van der Waals surface area (Å²) in [5, 5.41) is 0. The number of para-hydroxylation sites is 1. The van der Waals surface area contributed by atoms with Gasteiger partial charge in [-0.25, -0.2) is 0 Å². The Labute approximate surface area is 132 Å². The van der Waals surface area contributed by atoms with Gasteiger partial charge in [-0.2, -0.15) is 8.78 Å². The molecule has 2 amide bonds. The molecular formula is C16H18F2N2O3. The van der Waals surface area contributed by atoms with Crippen LogP contribution in [0.15, 0.2) is 24.3 Å². The van der Waals surface area contributed by atoms with Gasteiger partial charge in [-0.1, -0.05) is 12.1 Å². The Hall–Kier alpha value is -2.18. The molecule has 2 atom stereocenters. The third kappa shape index (κ3) is 2.87. The van der Waals surface area contributed by atoms with Crippen molar-refractivity contribution in [2.24, 2.45) is 0 Å². The second-order valence-electron chi connectivity index (χ2n) is 5.84.